The van der Waals surface area contributed by atoms with Crippen molar-refractivity contribution in [2.75, 3.05) is 17.2 Å². The molecule has 0 saturated carbocycles. The van der Waals surface area contributed by atoms with E-state index in [1.54, 1.807) is 6.92 Å². The van der Waals surface area contributed by atoms with Crippen LogP contribution in [0, 0.1) is 11.6 Å². The normalized spacial score (nSPS) is 11.3. The zero-order valence-corrected chi connectivity index (χ0v) is 13.8. The minimum absolute atomic E-state index is 0.0247. The Kier molecular flexibility index (Phi) is 6.26. The molecule has 0 unspecified atom stereocenters. The zero-order valence-electron chi connectivity index (χ0n) is 13.8. The van der Waals surface area contributed by atoms with Gasteiger partial charge < -0.3 is 20.5 Å². The van der Waals surface area contributed by atoms with Gasteiger partial charge in [0, 0.05) is 11.4 Å². The first-order valence-electron chi connectivity index (χ1n) is 7.60. The molecular weight excluding hydrogens is 346 g/mol. The minimum Gasteiger partial charge on any atom is -0.477 e. The molecule has 2 rings (SSSR count). The second kappa shape index (κ2) is 8.61. The number of benzene rings is 2. The summed E-state index contributed by atoms with van der Waals surface area (Å²) in [5, 5.41) is 14.7. The average Bonchev–Trinajstić information content (AvgIpc) is 2.61. The number of rotatable bonds is 7. The summed E-state index contributed by atoms with van der Waals surface area (Å²) in [5.41, 5.74) is -0.338. The van der Waals surface area contributed by atoms with Crippen LogP contribution in [0.1, 0.15) is 6.92 Å². The molecule has 0 aliphatic rings. The number of aliphatic carboxylic acids is 1. The maximum atomic E-state index is 13.0. The molecule has 0 atom stereocenters. The lowest BCUT2D eigenvalue weighted by Crippen LogP contribution is -2.24. The Morgan fingerprint density at radius 1 is 0.885 bits per heavy atom. The highest BCUT2D eigenvalue weighted by Crippen LogP contribution is 2.18. The number of carbonyl (C=O) groups is 2. The Morgan fingerprint density at radius 3 is 1.69 bits per heavy atom. The van der Waals surface area contributed by atoms with E-state index in [9.17, 15) is 23.5 Å². The van der Waals surface area contributed by atoms with Crippen LogP contribution in [-0.4, -0.2) is 23.7 Å². The van der Waals surface area contributed by atoms with E-state index in [1.165, 1.54) is 24.3 Å². The lowest BCUT2D eigenvalue weighted by molar-refractivity contribution is -0.139. The molecule has 2 aromatic carbocycles. The van der Waals surface area contributed by atoms with Crippen molar-refractivity contribution in [1.29, 1.82) is 0 Å². The SMILES string of the molecule is CCOC(=O)C(Nc1ccc(F)cc1)=C(Nc1ccc(F)cc1)C(=O)O. The number of hydrogen-bond acceptors (Lipinski definition) is 5. The second-order valence-corrected chi connectivity index (χ2v) is 5.04. The fourth-order valence-corrected chi connectivity index (χ4v) is 2.00. The van der Waals surface area contributed by atoms with Gasteiger partial charge in [-0.15, -0.1) is 0 Å². The van der Waals surface area contributed by atoms with Crippen molar-refractivity contribution >= 4 is 23.3 Å². The van der Waals surface area contributed by atoms with Crippen LogP contribution in [0.5, 0.6) is 0 Å². The molecular formula is C18H16F2N2O4. The van der Waals surface area contributed by atoms with Crippen molar-refractivity contribution in [1.82, 2.24) is 0 Å². The summed E-state index contributed by atoms with van der Waals surface area (Å²) in [4.78, 5) is 23.9. The van der Waals surface area contributed by atoms with Crippen LogP contribution in [0.2, 0.25) is 0 Å². The van der Waals surface area contributed by atoms with E-state index in [4.69, 9.17) is 4.74 Å². The third-order valence-electron chi connectivity index (χ3n) is 3.17. The topological polar surface area (TPSA) is 87.7 Å². The number of carbonyl (C=O) groups excluding carboxylic acids is 1. The Hall–Kier alpha value is -3.42. The molecule has 0 bridgehead atoms. The third kappa shape index (κ3) is 5.04. The Bertz CT molecular complexity index is 818. The summed E-state index contributed by atoms with van der Waals surface area (Å²) in [7, 11) is 0. The fraction of sp³-hybridized carbons (Fsp3) is 0.111. The molecule has 0 fully saturated rings. The number of halogens is 2. The summed E-state index contributed by atoms with van der Waals surface area (Å²) in [6, 6.07) is 9.89. The van der Waals surface area contributed by atoms with E-state index in [0.29, 0.717) is 0 Å². The molecule has 136 valence electrons. The van der Waals surface area contributed by atoms with Crippen molar-refractivity contribution in [3.05, 3.63) is 71.6 Å². The molecule has 0 amide bonds. The lowest BCUT2D eigenvalue weighted by Gasteiger charge is -2.15. The molecule has 0 saturated heterocycles. The van der Waals surface area contributed by atoms with Gasteiger partial charge in [-0.1, -0.05) is 0 Å². The Labute approximate surface area is 148 Å². The molecule has 0 aromatic heterocycles. The summed E-state index contributed by atoms with van der Waals surface area (Å²) < 4.78 is 30.9. The van der Waals surface area contributed by atoms with Crippen LogP contribution in [-0.2, 0) is 14.3 Å². The summed E-state index contributed by atoms with van der Waals surface area (Å²) in [6.45, 7) is 1.60. The largest absolute Gasteiger partial charge is 0.477 e. The van der Waals surface area contributed by atoms with Gasteiger partial charge >= 0.3 is 11.9 Å². The maximum Gasteiger partial charge on any atom is 0.357 e. The van der Waals surface area contributed by atoms with Crippen LogP contribution in [0.15, 0.2) is 59.9 Å². The average molecular weight is 362 g/mol. The number of anilines is 2. The van der Waals surface area contributed by atoms with E-state index >= 15 is 0 Å². The minimum atomic E-state index is -1.44. The van der Waals surface area contributed by atoms with Crippen molar-refractivity contribution < 1.29 is 28.2 Å². The van der Waals surface area contributed by atoms with Gasteiger partial charge in [-0.3, -0.25) is 0 Å². The van der Waals surface area contributed by atoms with Crippen molar-refractivity contribution in [2.45, 2.75) is 6.92 Å². The highest BCUT2D eigenvalue weighted by atomic mass is 19.1. The van der Waals surface area contributed by atoms with Crippen LogP contribution < -0.4 is 10.6 Å². The Morgan fingerprint density at radius 2 is 1.31 bits per heavy atom. The Balaban J connectivity index is 2.43. The first-order valence-corrected chi connectivity index (χ1v) is 7.60. The van der Waals surface area contributed by atoms with Gasteiger partial charge in [0.1, 0.15) is 11.6 Å². The number of hydrogen-bond donors (Lipinski definition) is 3. The lowest BCUT2D eigenvalue weighted by atomic mass is 10.2. The quantitative estimate of drug-likeness (QED) is 0.517. The van der Waals surface area contributed by atoms with E-state index in [1.807, 2.05) is 0 Å². The molecule has 0 radical (unpaired) electrons. The van der Waals surface area contributed by atoms with Crippen LogP contribution in [0.4, 0.5) is 20.2 Å². The number of ether oxygens (including phenoxy) is 1. The van der Waals surface area contributed by atoms with E-state index < -0.39 is 29.3 Å². The predicted molar refractivity (Wildman–Crippen MR) is 91.3 cm³/mol. The van der Waals surface area contributed by atoms with Gasteiger partial charge in [-0.05, 0) is 55.5 Å². The predicted octanol–water partition coefficient (Wildman–Crippen LogP) is 3.35. The smallest absolute Gasteiger partial charge is 0.357 e. The standard InChI is InChI=1S/C18H16F2N2O4/c1-2-26-18(25)16(22-14-9-5-12(20)6-10-14)15(17(23)24)21-13-7-3-11(19)4-8-13/h3-10,21-22H,2H2,1H3,(H,23,24). The highest BCUT2D eigenvalue weighted by molar-refractivity contribution is 6.03. The maximum absolute atomic E-state index is 13.0. The van der Waals surface area contributed by atoms with Crippen LogP contribution in [0.25, 0.3) is 0 Å². The third-order valence-corrected chi connectivity index (χ3v) is 3.17. The van der Waals surface area contributed by atoms with E-state index in [-0.39, 0.29) is 23.7 Å². The number of carboxylic acid groups (broad SMARTS) is 1. The van der Waals surface area contributed by atoms with Crippen molar-refractivity contribution in [3.8, 4) is 0 Å². The van der Waals surface area contributed by atoms with Crippen LogP contribution in [0.3, 0.4) is 0 Å². The molecule has 0 spiro atoms. The summed E-state index contributed by atoms with van der Waals surface area (Å²) in [5.74, 6) is -3.33. The second-order valence-electron chi connectivity index (χ2n) is 5.04. The number of nitrogens with one attached hydrogen (secondary N) is 2. The first kappa shape index (κ1) is 18.9. The van der Waals surface area contributed by atoms with Crippen molar-refractivity contribution in [2.24, 2.45) is 0 Å². The van der Waals surface area contributed by atoms with Crippen molar-refractivity contribution in [3.63, 3.8) is 0 Å². The summed E-state index contributed by atoms with van der Waals surface area (Å²) >= 11 is 0. The fourth-order valence-electron chi connectivity index (χ4n) is 2.00. The van der Waals surface area contributed by atoms with Gasteiger partial charge in [0.15, 0.2) is 11.4 Å². The molecule has 3 N–H and O–H groups in total. The molecule has 26 heavy (non-hydrogen) atoms. The first-order chi connectivity index (χ1) is 12.4. The molecule has 0 aliphatic heterocycles. The van der Waals surface area contributed by atoms with Crippen LogP contribution >= 0.6 is 0 Å². The number of esters is 1. The van der Waals surface area contributed by atoms with E-state index in [0.717, 1.165) is 24.3 Å². The zero-order chi connectivity index (χ0) is 19.1. The van der Waals surface area contributed by atoms with Gasteiger partial charge in [-0.2, -0.15) is 0 Å². The van der Waals surface area contributed by atoms with Gasteiger partial charge in [-0.25, -0.2) is 18.4 Å². The molecule has 0 aliphatic carbocycles. The molecule has 6 nitrogen and oxygen atoms in total. The molecule has 8 heteroatoms. The molecule has 2 aromatic rings. The molecule has 0 heterocycles. The van der Waals surface area contributed by atoms with Gasteiger partial charge in [0.2, 0.25) is 0 Å². The monoisotopic (exact) mass is 362 g/mol. The summed E-state index contributed by atoms with van der Waals surface area (Å²) in [6.07, 6.45) is 0. The van der Waals surface area contributed by atoms with E-state index in [2.05, 4.69) is 10.6 Å². The number of carboxylic acids is 1. The highest BCUT2D eigenvalue weighted by Gasteiger charge is 2.23. The van der Waals surface area contributed by atoms with Gasteiger partial charge in [0.25, 0.3) is 0 Å². The van der Waals surface area contributed by atoms with Gasteiger partial charge in [0.05, 0.1) is 6.61 Å².